The van der Waals surface area contributed by atoms with Crippen molar-refractivity contribution in [3.8, 4) is 0 Å². The smallest absolute Gasteiger partial charge is 0.0439 e. The Labute approximate surface area is 86.1 Å². The lowest BCUT2D eigenvalue weighted by molar-refractivity contribution is 0.160. The van der Waals surface area contributed by atoms with Gasteiger partial charge in [-0.3, -0.25) is 9.80 Å². The van der Waals surface area contributed by atoms with Crippen molar-refractivity contribution < 1.29 is 0 Å². The van der Waals surface area contributed by atoms with Crippen LogP contribution in [0.25, 0.3) is 0 Å². The minimum absolute atomic E-state index is 0.979. The van der Waals surface area contributed by atoms with E-state index in [4.69, 9.17) is 7.05 Å². The third kappa shape index (κ3) is 2.56. The Morgan fingerprint density at radius 3 is 2.29 bits per heavy atom. The van der Waals surface area contributed by atoms with E-state index in [0.29, 0.717) is 0 Å². The van der Waals surface area contributed by atoms with Crippen LogP contribution < -0.4 is 0 Å². The molecule has 2 radical (unpaired) electrons. The quantitative estimate of drug-likeness (QED) is 0.693. The van der Waals surface area contributed by atoms with Crippen LogP contribution >= 0.6 is 0 Å². The highest BCUT2D eigenvalue weighted by Gasteiger charge is 2.13. The van der Waals surface area contributed by atoms with E-state index in [2.05, 4.69) is 35.2 Å². The zero-order valence-electron chi connectivity index (χ0n) is 8.39. The van der Waals surface area contributed by atoms with Gasteiger partial charge in [0.2, 0.25) is 0 Å². The van der Waals surface area contributed by atoms with Gasteiger partial charge in [-0.15, -0.1) is 0 Å². The predicted molar refractivity (Wildman–Crippen MR) is 57.6 cm³/mol. The number of nitrogens with zero attached hydrogens (tertiary/aromatic N) is 2. The Morgan fingerprint density at radius 2 is 1.64 bits per heavy atom. The Bertz CT molecular complexity index is 263. The maximum atomic E-state index is 5.70. The van der Waals surface area contributed by atoms with Gasteiger partial charge >= 0.3 is 0 Å². The molecule has 0 atom stereocenters. The van der Waals surface area contributed by atoms with Crippen molar-refractivity contribution in [1.29, 1.82) is 0 Å². The van der Waals surface area contributed by atoms with Gasteiger partial charge in [0.25, 0.3) is 0 Å². The summed E-state index contributed by atoms with van der Waals surface area (Å²) in [6, 6.07) is 10.6. The minimum atomic E-state index is 0.979. The van der Waals surface area contributed by atoms with Crippen LogP contribution in [-0.4, -0.2) is 36.0 Å². The van der Waals surface area contributed by atoms with Gasteiger partial charge in [-0.25, -0.2) is 0 Å². The van der Waals surface area contributed by atoms with Crippen LogP contribution in [0.4, 0.5) is 0 Å². The highest BCUT2D eigenvalue weighted by Crippen LogP contribution is 2.07. The maximum Gasteiger partial charge on any atom is 0.0439 e. The SMILES string of the molecule is [CH]N1CCN(Cc2ccccc2)CC1. The Morgan fingerprint density at radius 1 is 1.00 bits per heavy atom. The monoisotopic (exact) mass is 188 g/mol. The fraction of sp³-hybridized carbons (Fsp3) is 0.417. The van der Waals surface area contributed by atoms with Crippen molar-refractivity contribution >= 4 is 0 Å². The van der Waals surface area contributed by atoms with Crippen LogP contribution in [0.1, 0.15) is 5.56 Å². The van der Waals surface area contributed by atoms with Gasteiger partial charge in [-0.1, -0.05) is 30.3 Å². The molecule has 2 heteroatoms. The molecule has 0 N–H and O–H groups in total. The molecule has 0 aromatic heterocycles. The molecule has 1 aromatic rings. The van der Waals surface area contributed by atoms with Crippen molar-refractivity contribution in [3.63, 3.8) is 0 Å². The van der Waals surface area contributed by atoms with Gasteiger partial charge in [0.1, 0.15) is 0 Å². The van der Waals surface area contributed by atoms with Crippen molar-refractivity contribution in [1.82, 2.24) is 9.80 Å². The third-order valence-electron chi connectivity index (χ3n) is 2.66. The molecule has 1 fully saturated rings. The first-order valence-corrected chi connectivity index (χ1v) is 5.10. The van der Waals surface area contributed by atoms with E-state index in [1.807, 2.05) is 4.90 Å². The summed E-state index contributed by atoms with van der Waals surface area (Å²) >= 11 is 0. The highest BCUT2D eigenvalue weighted by molar-refractivity contribution is 5.14. The molecule has 14 heavy (non-hydrogen) atoms. The Balaban J connectivity index is 1.87. The summed E-state index contributed by atoms with van der Waals surface area (Å²) in [5, 5.41) is 0. The second-order valence-corrected chi connectivity index (χ2v) is 3.80. The molecule has 1 aliphatic heterocycles. The van der Waals surface area contributed by atoms with Crippen LogP contribution in [0, 0.1) is 7.05 Å². The average Bonchev–Trinajstić information content (AvgIpc) is 2.23. The van der Waals surface area contributed by atoms with Gasteiger partial charge in [0.05, 0.1) is 0 Å². The first-order chi connectivity index (χ1) is 6.84. The van der Waals surface area contributed by atoms with Crippen LogP contribution in [0.2, 0.25) is 0 Å². The summed E-state index contributed by atoms with van der Waals surface area (Å²) in [5.74, 6) is 0. The second kappa shape index (κ2) is 4.58. The molecule has 1 saturated heterocycles. The lowest BCUT2D eigenvalue weighted by Crippen LogP contribution is -2.42. The molecule has 1 aliphatic rings. The van der Waals surface area contributed by atoms with Crippen LogP contribution in [-0.2, 0) is 6.54 Å². The van der Waals surface area contributed by atoms with E-state index >= 15 is 0 Å². The normalized spacial score (nSPS) is 19.8. The largest absolute Gasteiger partial charge is 0.297 e. The molecule has 0 saturated carbocycles. The molecular formula is C12H16N2. The summed E-state index contributed by atoms with van der Waals surface area (Å²) in [7, 11) is 5.70. The molecule has 0 spiro atoms. The fourth-order valence-electron chi connectivity index (χ4n) is 1.76. The molecule has 1 aromatic carbocycles. The van der Waals surface area contributed by atoms with Gasteiger partial charge < -0.3 is 0 Å². The molecular weight excluding hydrogens is 172 g/mol. The number of hydrogen-bond acceptors (Lipinski definition) is 2. The molecule has 0 bridgehead atoms. The zero-order chi connectivity index (χ0) is 9.80. The first kappa shape index (κ1) is 9.69. The molecule has 2 rings (SSSR count). The number of hydrogen-bond donors (Lipinski definition) is 0. The summed E-state index contributed by atoms with van der Waals surface area (Å²) in [5.41, 5.74) is 1.39. The molecule has 2 nitrogen and oxygen atoms in total. The minimum Gasteiger partial charge on any atom is -0.297 e. The van der Waals surface area contributed by atoms with Gasteiger partial charge in [0.15, 0.2) is 0 Å². The summed E-state index contributed by atoms with van der Waals surface area (Å²) < 4.78 is 0. The van der Waals surface area contributed by atoms with E-state index < -0.39 is 0 Å². The second-order valence-electron chi connectivity index (χ2n) is 3.80. The Hall–Kier alpha value is -0.860. The van der Waals surface area contributed by atoms with E-state index in [0.717, 1.165) is 32.7 Å². The predicted octanol–water partition coefficient (Wildman–Crippen LogP) is 1.47. The van der Waals surface area contributed by atoms with E-state index in [-0.39, 0.29) is 0 Å². The molecule has 0 unspecified atom stereocenters. The summed E-state index contributed by atoms with van der Waals surface area (Å²) in [4.78, 5) is 4.33. The average molecular weight is 188 g/mol. The number of rotatable bonds is 2. The molecule has 74 valence electrons. The van der Waals surface area contributed by atoms with Crippen LogP contribution in [0.15, 0.2) is 30.3 Å². The number of benzene rings is 1. The van der Waals surface area contributed by atoms with Gasteiger partial charge in [-0.05, 0) is 5.56 Å². The Kier molecular flexibility index (Phi) is 3.17. The molecule has 1 heterocycles. The summed E-state index contributed by atoms with van der Waals surface area (Å²) in [6.45, 7) is 5.16. The van der Waals surface area contributed by atoms with Crippen molar-refractivity contribution in [2.75, 3.05) is 26.2 Å². The van der Waals surface area contributed by atoms with Gasteiger partial charge in [0, 0.05) is 39.8 Å². The van der Waals surface area contributed by atoms with Gasteiger partial charge in [-0.2, -0.15) is 0 Å². The van der Waals surface area contributed by atoms with Crippen molar-refractivity contribution in [2.24, 2.45) is 0 Å². The maximum absolute atomic E-state index is 5.70. The molecule has 0 aliphatic carbocycles. The number of piperazine rings is 1. The van der Waals surface area contributed by atoms with E-state index in [1.54, 1.807) is 0 Å². The topological polar surface area (TPSA) is 6.48 Å². The zero-order valence-corrected chi connectivity index (χ0v) is 8.39. The van der Waals surface area contributed by atoms with E-state index in [1.165, 1.54) is 5.56 Å². The van der Waals surface area contributed by atoms with Crippen LogP contribution in [0.3, 0.4) is 0 Å². The van der Waals surface area contributed by atoms with Crippen LogP contribution in [0.5, 0.6) is 0 Å². The highest BCUT2D eigenvalue weighted by atomic mass is 15.2. The standard InChI is InChI=1S/C12H16N2/c1-13-7-9-14(10-8-13)11-12-5-3-2-4-6-12/h1-6H,7-11H2. The molecule has 0 amide bonds. The fourth-order valence-corrected chi connectivity index (χ4v) is 1.76. The first-order valence-electron chi connectivity index (χ1n) is 5.10. The van der Waals surface area contributed by atoms with E-state index in [9.17, 15) is 0 Å². The van der Waals surface area contributed by atoms with Crippen molar-refractivity contribution in [3.05, 3.63) is 42.9 Å². The summed E-state index contributed by atoms with van der Waals surface area (Å²) in [6.07, 6.45) is 0. The lowest BCUT2D eigenvalue weighted by atomic mass is 10.2. The third-order valence-corrected chi connectivity index (χ3v) is 2.66. The van der Waals surface area contributed by atoms with Crippen molar-refractivity contribution in [2.45, 2.75) is 6.54 Å². The lowest BCUT2D eigenvalue weighted by Gasteiger charge is -2.31.